The summed E-state index contributed by atoms with van der Waals surface area (Å²) in [5.74, 6) is -6.02. The van der Waals surface area contributed by atoms with Crippen LogP contribution in [0.4, 0.5) is 22.0 Å². The Morgan fingerprint density at radius 3 is 2.10 bits per heavy atom. The topological polar surface area (TPSA) is 47.0 Å². The van der Waals surface area contributed by atoms with Crippen LogP contribution in [0.25, 0.3) is 0 Å². The molecule has 0 spiro atoms. The van der Waals surface area contributed by atoms with Crippen LogP contribution in [0.15, 0.2) is 17.2 Å². The number of pyridine rings is 1. The van der Waals surface area contributed by atoms with Crippen LogP contribution in [-0.4, -0.2) is 25.3 Å². The van der Waals surface area contributed by atoms with Crippen molar-refractivity contribution < 1.29 is 30.4 Å². The molecule has 120 valence electrons. The minimum atomic E-state index is -5.82. The van der Waals surface area contributed by atoms with Crippen molar-refractivity contribution in [1.29, 1.82) is 0 Å². The van der Waals surface area contributed by atoms with E-state index in [0.29, 0.717) is 12.3 Å². The first kappa shape index (κ1) is 17.8. The SMILES string of the molecule is CCS(=O)(=O)c1cc(C(F)(F)C(F)(F)F)cnc1C(C)C. The molecule has 0 aromatic carbocycles. The van der Waals surface area contributed by atoms with Crippen LogP contribution in [0.5, 0.6) is 0 Å². The van der Waals surface area contributed by atoms with Crippen LogP contribution in [-0.2, 0) is 15.8 Å². The maximum atomic E-state index is 13.3. The molecule has 9 heteroatoms. The van der Waals surface area contributed by atoms with Crippen molar-refractivity contribution in [3.63, 3.8) is 0 Å². The lowest BCUT2D eigenvalue weighted by molar-refractivity contribution is -0.289. The Morgan fingerprint density at radius 2 is 1.71 bits per heavy atom. The highest BCUT2D eigenvalue weighted by Crippen LogP contribution is 2.44. The van der Waals surface area contributed by atoms with Crippen LogP contribution in [0.1, 0.15) is 37.9 Å². The molecule has 3 nitrogen and oxygen atoms in total. The second-order valence-electron chi connectivity index (χ2n) is 4.74. The van der Waals surface area contributed by atoms with Crippen molar-refractivity contribution in [2.45, 2.75) is 43.7 Å². The fraction of sp³-hybridized carbons (Fsp3) is 0.583. The summed E-state index contributed by atoms with van der Waals surface area (Å²) in [6.45, 7) is 4.41. The molecule has 0 aliphatic heterocycles. The molecule has 0 fully saturated rings. The summed E-state index contributed by atoms with van der Waals surface area (Å²) in [5, 5.41) is 0. The molecule has 1 rings (SSSR count). The fourth-order valence-electron chi connectivity index (χ4n) is 1.63. The van der Waals surface area contributed by atoms with Crippen LogP contribution in [0, 0.1) is 0 Å². The van der Waals surface area contributed by atoms with E-state index in [0.717, 1.165) is 0 Å². The number of sulfone groups is 1. The second kappa shape index (κ2) is 5.51. The lowest BCUT2D eigenvalue weighted by Gasteiger charge is -2.21. The summed E-state index contributed by atoms with van der Waals surface area (Å²) in [4.78, 5) is 2.93. The Balaban J connectivity index is 3.60. The zero-order chi connectivity index (χ0) is 16.6. The van der Waals surface area contributed by atoms with E-state index in [9.17, 15) is 30.4 Å². The average molecular weight is 331 g/mol. The molecule has 0 N–H and O–H groups in total. The third-order valence-corrected chi connectivity index (χ3v) is 4.62. The summed E-state index contributed by atoms with van der Waals surface area (Å²) in [6.07, 6.45) is -5.45. The number of aromatic nitrogens is 1. The van der Waals surface area contributed by atoms with Gasteiger partial charge in [-0.1, -0.05) is 20.8 Å². The van der Waals surface area contributed by atoms with Crippen molar-refractivity contribution in [2.75, 3.05) is 5.75 Å². The summed E-state index contributed by atoms with van der Waals surface area (Å²) in [6, 6.07) is 0.370. The van der Waals surface area contributed by atoms with Crippen molar-refractivity contribution in [2.24, 2.45) is 0 Å². The van der Waals surface area contributed by atoms with Gasteiger partial charge in [-0.25, -0.2) is 8.42 Å². The summed E-state index contributed by atoms with van der Waals surface area (Å²) < 4.78 is 87.5. The van der Waals surface area contributed by atoms with Gasteiger partial charge in [-0.15, -0.1) is 0 Å². The van der Waals surface area contributed by atoms with Crippen LogP contribution >= 0.6 is 0 Å². The van der Waals surface area contributed by atoms with Crippen LogP contribution in [0.2, 0.25) is 0 Å². The standard InChI is InChI=1S/C12H14F5NO2S/c1-4-21(19,20)9-5-8(6-18-10(9)7(2)3)11(13,14)12(15,16)17/h5-7H,4H2,1-3H3. The fourth-order valence-corrected chi connectivity index (χ4v) is 2.85. The smallest absolute Gasteiger partial charge is 0.259 e. The van der Waals surface area contributed by atoms with Crippen LogP contribution < -0.4 is 0 Å². The first-order valence-electron chi connectivity index (χ1n) is 6.02. The van der Waals surface area contributed by atoms with Gasteiger partial charge in [0.15, 0.2) is 9.84 Å². The number of rotatable bonds is 4. The van der Waals surface area contributed by atoms with Crippen molar-refractivity contribution in [1.82, 2.24) is 4.98 Å². The highest BCUT2D eigenvalue weighted by atomic mass is 32.2. The van der Waals surface area contributed by atoms with Gasteiger partial charge in [0, 0.05) is 6.20 Å². The predicted octanol–water partition coefficient (Wildman–Crippen LogP) is 3.65. The predicted molar refractivity (Wildman–Crippen MR) is 66.0 cm³/mol. The first-order chi connectivity index (χ1) is 9.34. The number of alkyl halides is 5. The molecule has 0 aliphatic carbocycles. The van der Waals surface area contributed by atoms with Gasteiger partial charge in [0.05, 0.1) is 21.9 Å². The van der Waals surface area contributed by atoms with Gasteiger partial charge in [0.2, 0.25) is 0 Å². The zero-order valence-electron chi connectivity index (χ0n) is 11.5. The van der Waals surface area contributed by atoms with Crippen LogP contribution in [0.3, 0.4) is 0 Å². The van der Waals surface area contributed by atoms with Crippen molar-refractivity contribution in [3.8, 4) is 0 Å². The van der Waals surface area contributed by atoms with E-state index >= 15 is 0 Å². The van der Waals surface area contributed by atoms with E-state index in [1.807, 2.05) is 0 Å². The second-order valence-corrected chi connectivity index (χ2v) is 6.98. The molecular weight excluding hydrogens is 317 g/mol. The monoisotopic (exact) mass is 331 g/mol. The number of hydrogen-bond acceptors (Lipinski definition) is 3. The minimum absolute atomic E-state index is 0.0291. The molecule has 0 atom stereocenters. The third-order valence-electron chi connectivity index (χ3n) is 2.86. The molecule has 1 heterocycles. The molecule has 21 heavy (non-hydrogen) atoms. The zero-order valence-corrected chi connectivity index (χ0v) is 12.3. The maximum absolute atomic E-state index is 13.3. The number of halogens is 5. The van der Waals surface area contributed by atoms with Gasteiger partial charge in [0.1, 0.15) is 0 Å². The molecule has 1 aromatic heterocycles. The van der Waals surface area contributed by atoms with Crippen molar-refractivity contribution in [3.05, 3.63) is 23.5 Å². The van der Waals surface area contributed by atoms with E-state index < -0.39 is 44.1 Å². The maximum Gasteiger partial charge on any atom is 0.458 e. The van der Waals surface area contributed by atoms with E-state index in [1.54, 1.807) is 13.8 Å². The van der Waals surface area contributed by atoms with Gasteiger partial charge < -0.3 is 0 Å². The molecule has 0 amide bonds. The summed E-state index contributed by atoms with van der Waals surface area (Å²) >= 11 is 0. The molecular formula is C12H14F5NO2S. The molecule has 0 unspecified atom stereocenters. The minimum Gasteiger partial charge on any atom is -0.259 e. The molecule has 0 saturated carbocycles. The third kappa shape index (κ3) is 3.33. The summed E-state index contributed by atoms with van der Waals surface area (Å²) in [7, 11) is -3.97. The first-order valence-corrected chi connectivity index (χ1v) is 7.67. The van der Waals surface area contributed by atoms with Crippen molar-refractivity contribution >= 4 is 9.84 Å². The van der Waals surface area contributed by atoms with Gasteiger partial charge in [-0.2, -0.15) is 22.0 Å². The van der Waals surface area contributed by atoms with E-state index in [2.05, 4.69) is 4.98 Å². The lowest BCUT2D eigenvalue weighted by atomic mass is 10.1. The van der Waals surface area contributed by atoms with Gasteiger partial charge >= 0.3 is 12.1 Å². The normalized spacial score (nSPS) is 13.8. The number of hydrogen-bond donors (Lipinski definition) is 0. The highest BCUT2D eigenvalue weighted by Gasteiger charge is 2.59. The molecule has 0 saturated heterocycles. The number of nitrogens with zero attached hydrogens (tertiary/aromatic N) is 1. The quantitative estimate of drug-likeness (QED) is 0.791. The van der Waals surface area contributed by atoms with E-state index in [1.165, 1.54) is 6.92 Å². The molecule has 0 radical (unpaired) electrons. The Kier molecular flexibility index (Phi) is 4.67. The highest BCUT2D eigenvalue weighted by molar-refractivity contribution is 7.91. The van der Waals surface area contributed by atoms with Gasteiger partial charge in [-0.3, -0.25) is 4.98 Å². The Hall–Kier alpha value is -1.25. The van der Waals surface area contributed by atoms with Gasteiger partial charge in [0.25, 0.3) is 0 Å². The summed E-state index contributed by atoms with van der Waals surface area (Å²) in [5.41, 5.74) is -1.51. The largest absolute Gasteiger partial charge is 0.458 e. The Bertz CT molecular complexity index is 623. The van der Waals surface area contributed by atoms with Gasteiger partial charge in [-0.05, 0) is 12.0 Å². The van der Waals surface area contributed by atoms with E-state index in [4.69, 9.17) is 0 Å². The molecule has 0 aliphatic rings. The lowest BCUT2D eigenvalue weighted by Crippen LogP contribution is -2.34. The van der Waals surface area contributed by atoms with E-state index in [-0.39, 0.29) is 5.69 Å². The average Bonchev–Trinajstić information content (AvgIpc) is 2.36. The molecule has 0 bridgehead atoms. The molecule has 1 aromatic rings. The Morgan fingerprint density at radius 1 is 1.19 bits per heavy atom. The Labute approximate surface area is 119 Å².